The zero-order chi connectivity index (χ0) is 14.8. The molecule has 6 nitrogen and oxygen atoms in total. The number of hydrogen-bond acceptors (Lipinski definition) is 6. The molecule has 0 aliphatic heterocycles. The summed E-state index contributed by atoms with van der Waals surface area (Å²) in [6, 6.07) is 0. The van der Waals surface area contributed by atoms with E-state index in [1.807, 2.05) is 6.92 Å². The van der Waals surface area contributed by atoms with Crippen molar-refractivity contribution in [3.05, 3.63) is 0 Å². The first kappa shape index (κ1) is 17.6. The van der Waals surface area contributed by atoms with Crippen LogP contribution < -0.4 is 0 Å². The number of Topliss-reactive ketones (excluding diaryl/α,β-unsaturated/α-hetero) is 1. The number of esters is 2. The molecule has 0 amide bonds. The summed E-state index contributed by atoms with van der Waals surface area (Å²) in [4.78, 5) is 35.0. The number of carbonyl (C=O) groups is 3. The summed E-state index contributed by atoms with van der Waals surface area (Å²) in [6.45, 7) is 1.99. The second-order valence-corrected chi connectivity index (χ2v) is 4.12. The molecule has 0 aliphatic rings. The van der Waals surface area contributed by atoms with Crippen molar-refractivity contribution in [1.29, 1.82) is 0 Å². The molecule has 0 heterocycles. The molecular formula is C13H22O6. The van der Waals surface area contributed by atoms with E-state index >= 15 is 0 Å². The summed E-state index contributed by atoms with van der Waals surface area (Å²) in [7, 11) is 3.78. The Hall–Kier alpha value is -1.43. The van der Waals surface area contributed by atoms with E-state index in [2.05, 4.69) is 9.47 Å². The van der Waals surface area contributed by atoms with E-state index in [4.69, 9.17) is 4.74 Å². The predicted molar refractivity (Wildman–Crippen MR) is 67.5 cm³/mol. The van der Waals surface area contributed by atoms with Crippen molar-refractivity contribution in [2.24, 2.45) is 5.92 Å². The van der Waals surface area contributed by atoms with Gasteiger partial charge >= 0.3 is 11.9 Å². The number of hydrogen-bond donors (Lipinski definition) is 0. The van der Waals surface area contributed by atoms with Crippen LogP contribution in [0, 0.1) is 5.92 Å². The van der Waals surface area contributed by atoms with Crippen LogP contribution in [0.2, 0.25) is 0 Å². The van der Waals surface area contributed by atoms with E-state index in [9.17, 15) is 14.4 Å². The topological polar surface area (TPSA) is 78.9 Å². The van der Waals surface area contributed by atoms with Crippen LogP contribution in [-0.2, 0) is 28.6 Å². The lowest BCUT2D eigenvalue weighted by molar-refractivity contribution is -0.158. The van der Waals surface area contributed by atoms with Crippen molar-refractivity contribution in [1.82, 2.24) is 0 Å². The second kappa shape index (κ2) is 9.49. The second-order valence-electron chi connectivity index (χ2n) is 4.12. The SMILES string of the molecule is CCCCC(OC)C(=O)C(CC(=O)OC)C(=O)OC. The smallest absolute Gasteiger partial charge is 0.316 e. The summed E-state index contributed by atoms with van der Waals surface area (Å²) in [5, 5.41) is 0. The molecule has 0 spiro atoms. The lowest BCUT2D eigenvalue weighted by Gasteiger charge is -2.19. The third kappa shape index (κ3) is 5.83. The molecule has 0 fully saturated rings. The molecule has 110 valence electrons. The fourth-order valence-corrected chi connectivity index (χ4v) is 1.68. The summed E-state index contributed by atoms with van der Waals surface area (Å²) >= 11 is 0. The van der Waals surface area contributed by atoms with Gasteiger partial charge in [0.15, 0.2) is 5.78 Å². The molecule has 2 unspecified atom stereocenters. The highest BCUT2D eigenvalue weighted by atomic mass is 16.5. The van der Waals surface area contributed by atoms with E-state index in [0.29, 0.717) is 6.42 Å². The molecule has 0 aromatic rings. The van der Waals surface area contributed by atoms with Crippen LogP contribution in [0.3, 0.4) is 0 Å². The predicted octanol–water partition coefficient (Wildman–Crippen LogP) is 1.11. The Morgan fingerprint density at radius 3 is 2.11 bits per heavy atom. The summed E-state index contributed by atoms with van der Waals surface area (Å²) in [6.07, 6.45) is 1.20. The number of carbonyl (C=O) groups excluding carboxylic acids is 3. The first-order chi connectivity index (χ1) is 9.01. The maximum atomic E-state index is 12.2. The Morgan fingerprint density at radius 1 is 1.05 bits per heavy atom. The maximum Gasteiger partial charge on any atom is 0.316 e. The molecule has 0 aliphatic carbocycles. The maximum absolute atomic E-state index is 12.2. The molecule has 6 heteroatoms. The van der Waals surface area contributed by atoms with Crippen LogP contribution in [0.1, 0.15) is 32.6 Å². The highest BCUT2D eigenvalue weighted by molar-refractivity contribution is 6.03. The van der Waals surface area contributed by atoms with Gasteiger partial charge in [-0.2, -0.15) is 0 Å². The van der Waals surface area contributed by atoms with E-state index in [0.717, 1.165) is 12.8 Å². The minimum Gasteiger partial charge on any atom is -0.469 e. The van der Waals surface area contributed by atoms with Crippen molar-refractivity contribution < 1.29 is 28.6 Å². The summed E-state index contributed by atoms with van der Waals surface area (Å²) in [5.74, 6) is -2.98. The molecule has 0 aromatic heterocycles. The molecule has 0 saturated carbocycles. The normalized spacial score (nSPS) is 13.5. The number of ketones is 1. The highest BCUT2D eigenvalue weighted by Gasteiger charge is 2.35. The number of rotatable bonds is 9. The summed E-state index contributed by atoms with van der Waals surface area (Å²) in [5.41, 5.74) is 0. The van der Waals surface area contributed by atoms with E-state index in [1.165, 1.54) is 21.3 Å². The van der Waals surface area contributed by atoms with Crippen molar-refractivity contribution in [3.8, 4) is 0 Å². The first-order valence-electron chi connectivity index (χ1n) is 6.22. The van der Waals surface area contributed by atoms with Gasteiger partial charge in [0, 0.05) is 7.11 Å². The largest absolute Gasteiger partial charge is 0.469 e. The van der Waals surface area contributed by atoms with E-state index in [-0.39, 0.29) is 6.42 Å². The minimum absolute atomic E-state index is 0.325. The quantitative estimate of drug-likeness (QED) is 0.463. The van der Waals surface area contributed by atoms with Gasteiger partial charge in [0.25, 0.3) is 0 Å². The average molecular weight is 274 g/mol. The molecule has 0 radical (unpaired) electrons. The molecule has 0 rings (SSSR count). The Labute approximate surface area is 113 Å². The van der Waals surface area contributed by atoms with Gasteiger partial charge in [-0.15, -0.1) is 0 Å². The van der Waals surface area contributed by atoms with Crippen LogP contribution in [0.25, 0.3) is 0 Å². The minimum atomic E-state index is -1.17. The molecule has 0 N–H and O–H groups in total. The molecule has 0 bridgehead atoms. The lowest BCUT2D eigenvalue weighted by atomic mass is 9.93. The van der Waals surface area contributed by atoms with Crippen molar-refractivity contribution in [3.63, 3.8) is 0 Å². The van der Waals surface area contributed by atoms with Gasteiger partial charge in [0.1, 0.15) is 12.0 Å². The van der Waals surface area contributed by atoms with Crippen molar-refractivity contribution in [2.75, 3.05) is 21.3 Å². The fourth-order valence-electron chi connectivity index (χ4n) is 1.68. The monoisotopic (exact) mass is 274 g/mol. The fraction of sp³-hybridized carbons (Fsp3) is 0.769. The third-order valence-corrected chi connectivity index (χ3v) is 2.85. The number of ether oxygens (including phenoxy) is 3. The number of unbranched alkanes of at least 4 members (excludes halogenated alkanes) is 1. The summed E-state index contributed by atoms with van der Waals surface area (Å²) < 4.78 is 14.1. The third-order valence-electron chi connectivity index (χ3n) is 2.85. The number of methoxy groups -OCH3 is 3. The van der Waals surface area contributed by atoms with Crippen molar-refractivity contribution in [2.45, 2.75) is 38.7 Å². The van der Waals surface area contributed by atoms with Gasteiger partial charge in [-0.25, -0.2) is 0 Å². The first-order valence-corrected chi connectivity index (χ1v) is 6.22. The van der Waals surface area contributed by atoms with Gasteiger partial charge in [0.05, 0.1) is 20.6 Å². The Balaban J connectivity index is 4.85. The molecule has 19 heavy (non-hydrogen) atoms. The van der Waals surface area contributed by atoms with Gasteiger partial charge in [-0.3, -0.25) is 14.4 Å². The Kier molecular flexibility index (Phi) is 8.78. The Morgan fingerprint density at radius 2 is 1.68 bits per heavy atom. The van der Waals surface area contributed by atoms with Crippen molar-refractivity contribution >= 4 is 17.7 Å². The van der Waals surface area contributed by atoms with Crippen LogP contribution in [0.5, 0.6) is 0 Å². The highest BCUT2D eigenvalue weighted by Crippen LogP contribution is 2.16. The molecule has 0 saturated heterocycles. The Bertz CT molecular complexity index is 312. The molecule has 0 aromatic carbocycles. The zero-order valence-corrected chi connectivity index (χ0v) is 11.9. The van der Waals surface area contributed by atoms with Gasteiger partial charge in [-0.1, -0.05) is 19.8 Å². The van der Waals surface area contributed by atoms with Crippen LogP contribution in [0.15, 0.2) is 0 Å². The molecular weight excluding hydrogens is 252 g/mol. The zero-order valence-electron chi connectivity index (χ0n) is 11.9. The van der Waals surface area contributed by atoms with Crippen LogP contribution in [-0.4, -0.2) is 45.2 Å². The van der Waals surface area contributed by atoms with Gasteiger partial charge in [0.2, 0.25) is 0 Å². The molecule has 2 atom stereocenters. The average Bonchev–Trinajstić information content (AvgIpc) is 2.43. The van der Waals surface area contributed by atoms with Crippen LogP contribution >= 0.6 is 0 Å². The standard InChI is InChI=1S/C13H22O6/c1-5-6-7-10(17-2)12(15)9(13(16)19-4)8-11(14)18-3/h9-10H,5-8H2,1-4H3. The van der Waals surface area contributed by atoms with Gasteiger partial charge < -0.3 is 14.2 Å². The van der Waals surface area contributed by atoms with E-state index < -0.39 is 29.7 Å². The van der Waals surface area contributed by atoms with Crippen LogP contribution in [0.4, 0.5) is 0 Å². The van der Waals surface area contributed by atoms with E-state index in [1.54, 1.807) is 0 Å². The van der Waals surface area contributed by atoms with Gasteiger partial charge in [-0.05, 0) is 6.42 Å². The lowest BCUT2D eigenvalue weighted by Crippen LogP contribution is -2.36.